The molecule has 0 fully saturated rings. The van der Waals surface area contributed by atoms with E-state index in [4.69, 9.17) is 14.2 Å². The molecule has 5 nitrogen and oxygen atoms in total. The lowest BCUT2D eigenvalue weighted by molar-refractivity contribution is -0.145. The Balaban J connectivity index is 2.19. The van der Waals surface area contributed by atoms with Crippen LogP contribution in [-0.4, -0.2) is 31.4 Å². The number of para-hydroxylation sites is 1. The lowest BCUT2D eigenvalue weighted by Gasteiger charge is -2.17. The molecule has 0 spiro atoms. The maximum atomic E-state index is 11.4. The maximum absolute atomic E-state index is 11.4. The van der Waals surface area contributed by atoms with Crippen LogP contribution in [0.2, 0.25) is 0 Å². The molecule has 1 N–H and O–H groups in total. The van der Waals surface area contributed by atoms with E-state index in [0.29, 0.717) is 17.2 Å². The second-order valence-corrected chi connectivity index (χ2v) is 4.64. The van der Waals surface area contributed by atoms with Gasteiger partial charge in [-0.05, 0) is 23.8 Å². The summed E-state index contributed by atoms with van der Waals surface area (Å²) in [7, 11) is 3.10. The van der Waals surface area contributed by atoms with Crippen molar-refractivity contribution in [3.8, 4) is 17.2 Å². The molecular formula is C17H18O5. The van der Waals surface area contributed by atoms with E-state index in [1.165, 1.54) is 7.11 Å². The fourth-order valence-electron chi connectivity index (χ4n) is 2.06. The summed E-state index contributed by atoms with van der Waals surface area (Å²) in [5.41, 5.74) is 0.742. The van der Waals surface area contributed by atoms with E-state index in [1.807, 2.05) is 6.07 Å². The Bertz CT molecular complexity index is 624. The Morgan fingerprint density at radius 2 is 1.77 bits per heavy atom. The van der Waals surface area contributed by atoms with E-state index in [-0.39, 0.29) is 6.42 Å². The van der Waals surface area contributed by atoms with Crippen LogP contribution in [0.3, 0.4) is 0 Å². The molecule has 0 aliphatic heterocycles. The van der Waals surface area contributed by atoms with Crippen molar-refractivity contribution in [2.45, 2.75) is 12.5 Å². The van der Waals surface area contributed by atoms with Gasteiger partial charge in [-0.25, -0.2) is 4.79 Å². The molecule has 0 amide bonds. The SMILES string of the molecule is COc1ccc(C[C@@H](Oc2ccccc2)C(=O)O)c(OC)c1. The fourth-order valence-corrected chi connectivity index (χ4v) is 2.06. The molecule has 0 bridgehead atoms. The highest BCUT2D eigenvalue weighted by Gasteiger charge is 2.22. The standard InChI is InChI=1S/C17H18O5/c1-20-14-9-8-12(15(11-14)21-2)10-16(17(18)19)22-13-6-4-3-5-7-13/h3-9,11,16H,10H2,1-2H3,(H,18,19)/t16-/m1/s1. The molecular weight excluding hydrogens is 284 g/mol. The van der Waals surface area contributed by atoms with Gasteiger partial charge in [0.1, 0.15) is 17.2 Å². The maximum Gasteiger partial charge on any atom is 0.345 e. The number of carbonyl (C=O) groups is 1. The first-order chi connectivity index (χ1) is 10.6. The van der Waals surface area contributed by atoms with Gasteiger partial charge in [-0.1, -0.05) is 24.3 Å². The van der Waals surface area contributed by atoms with Gasteiger partial charge in [0.2, 0.25) is 0 Å². The number of rotatable bonds is 7. The van der Waals surface area contributed by atoms with Crippen molar-refractivity contribution in [3.63, 3.8) is 0 Å². The van der Waals surface area contributed by atoms with Gasteiger partial charge in [-0.2, -0.15) is 0 Å². The minimum atomic E-state index is -1.03. The molecule has 2 aromatic carbocycles. The van der Waals surface area contributed by atoms with E-state index in [2.05, 4.69) is 0 Å². The second-order valence-electron chi connectivity index (χ2n) is 4.64. The predicted octanol–water partition coefficient (Wildman–Crippen LogP) is 2.78. The van der Waals surface area contributed by atoms with E-state index in [1.54, 1.807) is 49.6 Å². The van der Waals surface area contributed by atoms with Crippen molar-refractivity contribution in [3.05, 3.63) is 54.1 Å². The quantitative estimate of drug-likeness (QED) is 0.852. The van der Waals surface area contributed by atoms with E-state index >= 15 is 0 Å². The van der Waals surface area contributed by atoms with Crippen LogP contribution in [0.1, 0.15) is 5.56 Å². The minimum absolute atomic E-state index is 0.192. The van der Waals surface area contributed by atoms with Crippen LogP contribution in [0, 0.1) is 0 Å². The summed E-state index contributed by atoms with van der Waals surface area (Å²) in [5, 5.41) is 9.37. The van der Waals surface area contributed by atoms with Crippen molar-refractivity contribution in [1.82, 2.24) is 0 Å². The van der Waals surface area contributed by atoms with Crippen LogP contribution in [0.5, 0.6) is 17.2 Å². The summed E-state index contributed by atoms with van der Waals surface area (Å²) in [4.78, 5) is 11.4. The summed E-state index contributed by atoms with van der Waals surface area (Å²) >= 11 is 0. The zero-order chi connectivity index (χ0) is 15.9. The van der Waals surface area contributed by atoms with Crippen LogP contribution >= 0.6 is 0 Å². The average molecular weight is 302 g/mol. The molecule has 0 aliphatic rings. The first-order valence-electron chi connectivity index (χ1n) is 6.79. The average Bonchev–Trinajstić information content (AvgIpc) is 2.55. The van der Waals surface area contributed by atoms with Crippen LogP contribution in [0.4, 0.5) is 0 Å². The Kier molecular flexibility index (Phi) is 5.25. The third kappa shape index (κ3) is 3.91. The molecule has 0 aromatic heterocycles. The number of benzene rings is 2. The summed E-state index contributed by atoms with van der Waals surface area (Å²) in [6.45, 7) is 0. The molecule has 1 atom stereocenters. The third-order valence-electron chi connectivity index (χ3n) is 3.20. The van der Waals surface area contributed by atoms with Crippen LogP contribution < -0.4 is 14.2 Å². The van der Waals surface area contributed by atoms with Gasteiger partial charge < -0.3 is 19.3 Å². The lowest BCUT2D eigenvalue weighted by atomic mass is 10.1. The van der Waals surface area contributed by atoms with Gasteiger partial charge in [-0.3, -0.25) is 0 Å². The monoisotopic (exact) mass is 302 g/mol. The number of aliphatic carboxylic acids is 1. The highest BCUT2D eigenvalue weighted by atomic mass is 16.5. The van der Waals surface area contributed by atoms with Gasteiger partial charge in [-0.15, -0.1) is 0 Å². The first kappa shape index (κ1) is 15.7. The molecule has 5 heteroatoms. The molecule has 0 unspecified atom stereocenters. The van der Waals surface area contributed by atoms with Gasteiger partial charge in [0, 0.05) is 12.5 Å². The van der Waals surface area contributed by atoms with Crippen molar-refractivity contribution in [2.24, 2.45) is 0 Å². The molecule has 0 radical (unpaired) electrons. The third-order valence-corrected chi connectivity index (χ3v) is 3.20. The molecule has 0 saturated carbocycles. The fraction of sp³-hybridized carbons (Fsp3) is 0.235. The number of ether oxygens (including phenoxy) is 3. The van der Waals surface area contributed by atoms with Gasteiger partial charge >= 0.3 is 5.97 Å². The predicted molar refractivity (Wildman–Crippen MR) is 81.7 cm³/mol. The van der Waals surface area contributed by atoms with Crippen molar-refractivity contribution in [1.29, 1.82) is 0 Å². The van der Waals surface area contributed by atoms with Crippen molar-refractivity contribution >= 4 is 5.97 Å². The molecule has 2 rings (SSSR count). The number of hydrogen-bond donors (Lipinski definition) is 1. The number of carboxylic acid groups (broad SMARTS) is 1. The Morgan fingerprint density at radius 1 is 1.05 bits per heavy atom. The highest BCUT2D eigenvalue weighted by Crippen LogP contribution is 2.26. The normalized spacial score (nSPS) is 11.5. The van der Waals surface area contributed by atoms with Crippen LogP contribution in [-0.2, 0) is 11.2 Å². The molecule has 22 heavy (non-hydrogen) atoms. The Hall–Kier alpha value is -2.69. The van der Waals surface area contributed by atoms with E-state index in [9.17, 15) is 9.90 Å². The number of carboxylic acids is 1. The summed E-state index contributed by atoms with van der Waals surface area (Å²) < 4.78 is 16.0. The molecule has 0 aliphatic carbocycles. The molecule has 116 valence electrons. The highest BCUT2D eigenvalue weighted by molar-refractivity contribution is 5.73. The van der Waals surface area contributed by atoms with Gasteiger partial charge in [0.05, 0.1) is 14.2 Å². The second kappa shape index (κ2) is 7.36. The smallest absolute Gasteiger partial charge is 0.345 e. The van der Waals surface area contributed by atoms with Crippen LogP contribution in [0.15, 0.2) is 48.5 Å². The van der Waals surface area contributed by atoms with Crippen LogP contribution in [0.25, 0.3) is 0 Å². The molecule has 0 saturated heterocycles. The topological polar surface area (TPSA) is 65.0 Å². The minimum Gasteiger partial charge on any atom is -0.497 e. The largest absolute Gasteiger partial charge is 0.497 e. The Morgan fingerprint density at radius 3 is 2.36 bits per heavy atom. The zero-order valence-electron chi connectivity index (χ0n) is 12.5. The molecule has 2 aromatic rings. The van der Waals surface area contributed by atoms with E-state index < -0.39 is 12.1 Å². The van der Waals surface area contributed by atoms with Crippen molar-refractivity contribution in [2.75, 3.05) is 14.2 Å². The summed E-state index contributed by atoms with van der Waals surface area (Å²) in [5.74, 6) is 0.711. The number of hydrogen-bond acceptors (Lipinski definition) is 4. The van der Waals surface area contributed by atoms with Gasteiger partial charge in [0.25, 0.3) is 0 Å². The summed E-state index contributed by atoms with van der Waals surface area (Å²) in [6, 6.07) is 14.1. The van der Waals surface area contributed by atoms with Crippen molar-refractivity contribution < 1.29 is 24.1 Å². The zero-order valence-corrected chi connectivity index (χ0v) is 12.5. The Labute approximate surface area is 129 Å². The van der Waals surface area contributed by atoms with Gasteiger partial charge in [0.15, 0.2) is 6.10 Å². The number of methoxy groups -OCH3 is 2. The van der Waals surface area contributed by atoms with E-state index in [0.717, 1.165) is 5.56 Å². The lowest BCUT2D eigenvalue weighted by Crippen LogP contribution is -2.29. The first-order valence-corrected chi connectivity index (χ1v) is 6.79. The molecule has 0 heterocycles. The summed E-state index contributed by atoms with van der Waals surface area (Å²) in [6.07, 6.45) is -0.804.